The van der Waals surface area contributed by atoms with E-state index >= 15 is 0 Å². The third-order valence-corrected chi connectivity index (χ3v) is 3.59. The molecule has 0 saturated carbocycles. The van der Waals surface area contributed by atoms with Gasteiger partial charge in [-0.25, -0.2) is 4.39 Å². The first-order valence-corrected chi connectivity index (χ1v) is 7.81. The molecule has 2 heterocycles. The molecule has 7 nitrogen and oxygen atoms in total. The maximum Gasteiger partial charge on any atom is 0.258 e. The molecule has 0 radical (unpaired) electrons. The Bertz CT molecular complexity index is 914. The van der Waals surface area contributed by atoms with Crippen molar-refractivity contribution in [2.45, 2.75) is 0 Å². The Morgan fingerprint density at radius 2 is 1.81 bits per heavy atom. The van der Waals surface area contributed by atoms with Crippen LogP contribution in [-0.2, 0) is 0 Å². The number of nitrogens with zero attached hydrogens (tertiary/aromatic N) is 4. The average Bonchev–Trinajstić information content (AvgIpc) is 2.64. The van der Waals surface area contributed by atoms with Gasteiger partial charge in [-0.15, -0.1) is 5.10 Å². The van der Waals surface area contributed by atoms with E-state index in [1.165, 1.54) is 12.3 Å². The highest BCUT2D eigenvalue weighted by Gasteiger charge is 2.11. The fraction of sp³-hybridized carbons (Fsp3) is 0.111. The molecule has 3 aromatic rings. The molecular formula is C18H17FN6O. The molecule has 0 aliphatic heterocycles. The molecule has 2 N–H and O–H groups in total. The first-order chi connectivity index (χ1) is 12.5. The smallest absolute Gasteiger partial charge is 0.258 e. The van der Waals surface area contributed by atoms with Gasteiger partial charge in [0.25, 0.3) is 5.91 Å². The molecule has 0 bridgehead atoms. The number of carbonyl (C=O) groups is 1. The van der Waals surface area contributed by atoms with Crippen LogP contribution in [0.2, 0.25) is 0 Å². The Balaban J connectivity index is 1.68. The molecule has 0 unspecified atom stereocenters. The molecule has 26 heavy (non-hydrogen) atoms. The van der Waals surface area contributed by atoms with E-state index in [1.54, 1.807) is 30.5 Å². The zero-order valence-electron chi connectivity index (χ0n) is 14.3. The average molecular weight is 352 g/mol. The third kappa shape index (κ3) is 4.10. The molecule has 0 spiro atoms. The first-order valence-electron chi connectivity index (χ1n) is 7.81. The maximum atomic E-state index is 13.6. The van der Waals surface area contributed by atoms with Crippen LogP contribution < -0.4 is 15.5 Å². The molecule has 3 rings (SSSR count). The summed E-state index contributed by atoms with van der Waals surface area (Å²) < 4.78 is 13.6. The van der Waals surface area contributed by atoms with Crippen molar-refractivity contribution >= 4 is 28.8 Å². The van der Waals surface area contributed by atoms with E-state index in [0.717, 1.165) is 17.6 Å². The molecule has 0 saturated heterocycles. The van der Waals surface area contributed by atoms with Gasteiger partial charge >= 0.3 is 0 Å². The Morgan fingerprint density at radius 3 is 2.50 bits per heavy atom. The van der Waals surface area contributed by atoms with Gasteiger partial charge in [-0.2, -0.15) is 5.10 Å². The van der Waals surface area contributed by atoms with Gasteiger partial charge in [0.2, 0.25) is 0 Å². The molecule has 0 aliphatic rings. The number of rotatable bonds is 5. The number of anilines is 4. The van der Waals surface area contributed by atoms with E-state index in [4.69, 9.17) is 0 Å². The Hall–Kier alpha value is -3.55. The number of pyridine rings is 1. The van der Waals surface area contributed by atoms with Crippen LogP contribution in [0.4, 0.5) is 27.3 Å². The lowest BCUT2D eigenvalue weighted by Gasteiger charge is -2.13. The predicted molar refractivity (Wildman–Crippen MR) is 98.2 cm³/mol. The molecule has 2 aromatic heterocycles. The van der Waals surface area contributed by atoms with E-state index in [9.17, 15) is 9.18 Å². The van der Waals surface area contributed by atoms with Crippen LogP contribution in [0.3, 0.4) is 0 Å². The number of amides is 1. The molecule has 1 aromatic carbocycles. The highest BCUT2D eigenvalue weighted by molar-refractivity contribution is 6.04. The minimum atomic E-state index is -0.664. The Labute approximate surface area is 149 Å². The van der Waals surface area contributed by atoms with Gasteiger partial charge < -0.3 is 15.5 Å². The van der Waals surface area contributed by atoms with Crippen molar-refractivity contribution in [2.24, 2.45) is 0 Å². The quantitative estimate of drug-likeness (QED) is 0.734. The van der Waals surface area contributed by atoms with Crippen LogP contribution in [0.25, 0.3) is 0 Å². The van der Waals surface area contributed by atoms with Crippen molar-refractivity contribution in [3.63, 3.8) is 0 Å². The second-order valence-electron chi connectivity index (χ2n) is 5.71. The predicted octanol–water partition coefficient (Wildman–Crippen LogP) is 3.07. The maximum absolute atomic E-state index is 13.6. The second kappa shape index (κ2) is 7.56. The van der Waals surface area contributed by atoms with Gasteiger partial charge in [-0.3, -0.25) is 9.78 Å². The van der Waals surface area contributed by atoms with Crippen molar-refractivity contribution in [3.8, 4) is 0 Å². The molecular weight excluding hydrogens is 335 g/mol. The normalized spacial score (nSPS) is 10.3. The summed E-state index contributed by atoms with van der Waals surface area (Å²) in [6.07, 6.45) is 4.04. The van der Waals surface area contributed by atoms with Crippen molar-refractivity contribution in [1.29, 1.82) is 0 Å². The molecule has 8 heteroatoms. The summed E-state index contributed by atoms with van der Waals surface area (Å²) in [5.41, 5.74) is 2.19. The summed E-state index contributed by atoms with van der Waals surface area (Å²) in [5.74, 6) is -0.593. The van der Waals surface area contributed by atoms with Gasteiger partial charge in [0.15, 0.2) is 11.6 Å². The van der Waals surface area contributed by atoms with Crippen LogP contribution in [0.5, 0.6) is 0 Å². The highest BCUT2D eigenvalue weighted by atomic mass is 19.1. The monoisotopic (exact) mass is 352 g/mol. The molecule has 132 valence electrons. The van der Waals surface area contributed by atoms with Crippen molar-refractivity contribution in [1.82, 2.24) is 15.2 Å². The minimum Gasteiger partial charge on any atom is -0.376 e. The Morgan fingerprint density at radius 1 is 1.08 bits per heavy atom. The van der Waals surface area contributed by atoms with Gasteiger partial charge in [0, 0.05) is 37.7 Å². The lowest BCUT2D eigenvalue weighted by atomic mass is 10.2. The number of carbonyl (C=O) groups excluding carboxylic acids is 1. The molecule has 0 atom stereocenters. The molecule has 0 fully saturated rings. The fourth-order valence-corrected chi connectivity index (χ4v) is 2.20. The number of benzene rings is 1. The second-order valence-corrected chi connectivity index (χ2v) is 5.71. The van der Waals surface area contributed by atoms with Crippen LogP contribution in [0.15, 0.2) is 55.0 Å². The summed E-state index contributed by atoms with van der Waals surface area (Å²) in [7, 11) is 3.84. The Kier molecular flexibility index (Phi) is 5.02. The van der Waals surface area contributed by atoms with Gasteiger partial charge in [0.1, 0.15) is 0 Å². The summed E-state index contributed by atoms with van der Waals surface area (Å²) in [4.78, 5) is 17.6. The number of nitrogens with one attached hydrogen (secondary N) is 2. The van der Waals surface area contributed by atoms with Crippen LogP contribution in [-0.4, -0.2) is 35.2 Å². The standard InChI is InChI=1S/C18H17FN6O/c1-25(2)14-9-17(24-21-10-14)22-12-3-5-13(6-4-12)23-18(26)15-7-8-20-11-16(15)19/h3-11H,1-2H3,(H,22,24)(H,23,26). The van der Waals surface area contributed by atoms with E-state index in [0.29, 0.717) is 11.5 Å². The topological polar surface area (TPSA) is 83.0 Å². The van der Waals surface area contributed by atoms with Gasteiger partial charge in [-0.05, 0) is 30.3 Å². The van der Waals surface area contributed by atoms with Gasteiger partial charge in [-0.1, -0.05) is 0 Å². The third-order valence-electron chi connectivity index (χ3n) is 3.59. The zero-order chi connectivity index (χ0) is 18.5. The summed E-state index contributed by atoms with van der Waals surface area (Å²) in [5, 5.41) is 13.8. The van der Waals surface area contributed by atoms with Gasteiger partial charge in [0.05, 0.1) is 23.6 Å². The largest absolute Gasteiger partial charge is 0.376 e. The zero-order valence-corrected chi connectivity index (χ0v) is 14.3. The fourth-order valence-electron chi connectivity index (χ4n) is 2.20. The van der Waals surface area contributed by atoms with E-state index in [2.05, 4.69) is 25.8 Å². The van der Waals surface area contributed by atoms with E-state index in [1.807, 2.05) is 25.1 Å². The summed E-state index contributed by atoms with van der Waals surface area (Å²) in [6.45, 7) is 0. The van der Waals surface area contributed by atoms with Crippen molar-refractivity contribution in [2.75, 3.05) is 29.6 Å². The lowest BCUT2D eigenvalue weighted by Crippen LogP contribution is -2.13. The molecule has 0 aliphatic carbocycles. The first kappa shape index (κ1) is 17.3. The lowest BCUT2D eigenvalue weighted by molar-refractivity contribution is 0.102. The highest BCUT2D eigenvalue weighted by Crippen LogP contribution is 2.20. The number of hydrogen-bond donors (Lipinski definition) is 2. The summed E-state index contributed by atoms with van der Waals surface area (Å²) in [6, 6.07) is 10.2. The minimum absolute atomic E-state index is 0.0574. The number of aromatic nitrogens is 3. The van der Waals surface area contributed by atoms with Crippen molar-refractivity contribution in [3.05, 3.63) is 66.4 Å². The van der Waals surface area contributed by atoms with E-state index < -0.39 is 11.7 Å². The number of halogens is 1. The van der Waals surface area contributed by atoms with Crippen molar-refractivity contribution < 1.29 is 9.18 Å². The number of hydrogen-bond acceptors (Lipinski definition) is 6. The van der Waals surface area contributed by atoms with Crippen LogP contribution in [0, 0.1) is 5.82 Å². The SMILES string of the molecule is CN(C)c1cnnc(Nc2ccc(NC(=O)c3ccncc3F)cc2)c1. The van der Waals surface area contributed by atoms with Crippen LogP contribution in [0.1, 0.15) is 10.4 Å². The molecule has 1 amide bonds. The van der Waals surface area contributed by atoms with Crippen LogP contribution >= 0.6 is 0 Å². The summed E-state index contributed by atoms with van der Waals surface area (Å²) >= 11 is 0. The van der Waals surface area contributed by atoms with E-state index in [-0.39, 0.29) is 5.56 Å².